The van der Waals surface area contributed by atoms with E-state index in [2.05, 4.69) is 17.7 Å². The fourth-order valence-corrected chi connectivity index (χ4v) is 2.16. The van der Waals surface area contributed by atoms with Gasteiger partial charge in [0.2, 0.25) is 0 Å². The molecule has 0 radical (unpaired) electrons. The predicted molar refractivity (Wildman–Crippen MR) is 65.6 cm³/mol. The third-order valence-electron chi connectivity index (χ3n) is 2.39. The summed E-state index contributed by atoms with van der Waals surface area (Å²) in [7, 11) is 0. The average Bonchev–Trinajstić information content (AvgIpc) is 2.55. The number of aromatic nitrogens is 2. The monoisotopic (exact) mass is 232 g/mol. The van der Waals surface area contributed by atoms with E-state index in [1.54, 1.807) is 4.68 Å². The molecule has 3 nitrogen and oxygen atoms in total. The van der Waals surface area contributed by atoms with Crippen molar-refractivity contribution in [1.82, 2.24) is 9.78 Å². The Balaban J connectivity index is 2.61. The highest BCUT2D eigenvalue weighted by molar-refractivity contribution is 7.80. The maximum absolute atomic E-state index is 11.4. The first kappa shape index (κ1) is 11.0. The Labute approximate surface area is 99.5 Å². The van der Waals surface area contributed by atoms with Crippen LogP contribution in [0.1, 0.15) is 23.0 Å². The molecule has 1 aromatic heterocycles. The van der Waals surface area contributed by atoms with Gasteiger partial charge in [0.05, 0.1) is 16.9 Å². The van der Waals surface area contributed by atoms with Crippen LogP contribution < -0.4 is 0 Å². The van der Waals surface area contributed by atoms with Gasteiger partial charge in [-0.3, -0.25) is 4.79 Å². The number of hydrogen-bond donors (Lipinski definition) is 1. The molecule has 0 fully saturated rings. The van der Waals surface area contributed by atoms with Crippen molar-refractivity contribution in [2.45, 2.75) is 18.9 Å². The van der Waals surface area contributed by atoms with Gasteiger partial charge in [-0.25, -0.2) is 4.68 Å². The summed E-state index contributed by atoms with van der Waals surface area (Å²) in [6.07, 6.45) is 0. The fraction of sp³-hybridized carbons (Fsp3) is 0.167. The minimum Gasteiger partial charge on any atom is -0.294 e. The SMILES string of the molecule is CC(=O)c1c(C)nn(-c2ccccc2)c1S. The van der Waals surface area contributed by atoms with E-state index in [1.807, 2.05) is 37.3 Å². The summed E-state index contributed by atoms with van der Waals surface area (Å²) in [4.78, 5) is 11.4. The number of hydrogen-bond acceptors (Lipinski definition) is 3. The molecule has 0 saturated heterocycles. The lowest BCUT2D eigenvalue weighted by molar-refractivity contribution is 0.101. The normalized spacial score (nSPS) is 10.4. The summed E-state index contributed by atoms with van der Waals surface area (Å²) in [6.45, 7) is 3.34. The van der Waals surface area contributed by atoms with E-state index in [4.69, 9.17) is 0 Å². The van der Waals surface area contributed by atoms with Gasteiger partial charge >= 0.3 is 0 Å². The quantitative estimate of drug-likeness (QED) is 0.638. The maximum atomic E-state index is 11.4. The van der Waals surface area contributed by atoms with Crippen molar-refractivity contribution in [3.63, 3.8) is 0 Å². The fourth-order valence-electron chi connectivity index (χ4n) is 1.68. The molecular weight excluding hydrogens is 220 g/mol. The largest absolute Gasteiger partial charge is 0.294 e. The highest BCUT2D eigenvalue weighted by Gasteiger charge is 2.16. The highest BCUT2D eigenvalue weighted by Crippen LogP contribution is 2.21. The van der Waals surface area contributed by atoms with E-state index in [-0.39, 0.29) is 5.78 Å². The molecular formula is C12H12N2OS. The number of carbonyl (C=O) groups excluding carboxylic acids is 1. The van der Waals surface area contributed by atoms with Gasteiger partial charge in [0.15, 0.2) is 5.78 Å². The predicted octanol–water partition coefficient (Wildman–Crippen LogP) is 2.67. The van der Waals surface area contributed by atoms with Crippen molar-refractivity contribution < 1.29 is 4.79 Å². The second-order valence-electron chi connectivity index (χ2n) is 3.59. The number of thiol groups is 1. The lowest BCUT2D eigenvalue weighted by atomic mass is 10.2. The molecule has 0 unspecified atom stereocenters. The van der Waals surface area contributed by atoms with E-state index < -0.39 is 0 Å². The van der Waals surface area contributed by atoms with Gasteiger partial charge in [-0.05, 0) is 26.0 Å². The topological polar surface area (TPSA) is 34.9 Å². The lowest BCUT2D eigenvalue weighted by Gasteiger charge is -2.02. The number of carbonyl (C=O) groups is 1. The molecule has 2 rings (SSSR count). The van der Waals surface area contributed by atoms with Gasteiger partial charge in [-0.2, -0.15) is 5.10 Å². The Bertz CT molecular complexity index is 531. The zero-order valence-electron chi connectivity index (χ0n) is 9.14. The van der Waals surface area contributed by atoms with Gasteiger partial charge in [-0.15, -0.1) is 12.6 Å². The summed E-state index contributed by atoms with van der Waals surface area (Å²) < 4.78 is 1.68. The van der Waals surface area contributed by atoms with Crippen LogP contribution in [-0.4, -0.2) is 15.6 Å². The molecule has 0 N–H and O–H groups in total. The molecule has 4 heteroatoms. The Morgan fingerprint density at radius 1 is 1.31 bits per heavy atom. The third-order valence-corrected chi connectivity index (χ3v) is 2.80. The molecule has 0 aliphatic carbocycles. The van der Waals surface area contributed by atoms with Crippen LogP contribution in [0.25, 0.3) is 5.69 Å². The number of para-hydroxylation sites is 1. The summed E-state index contributed by atoms with van der Waals surface area (Å²) in [5, 5.41) is 4.91. The zero-order chi connectivity index (χ0) is 11.7. The minimum atomic E-state index is -0.00955. The summed E-state index contributed by atoms with van der Waals surface area (Å²) in [6, 6.07) is 9.64. The number of benzene rings is 1. The number of rotatable bonds is 2. The average molecular weight is 232 g/mol. The Morgan fingerprint density at radius 3 is 2.44 bits per heavy atom. The number of nitrogens with zero attached hydrogens (tertiary/aromatic N) is 2. The molecule has 82 valence electrons. The van der Waals surface area contributed by atoms with Gasteiger partial charge in [-0.1, -0.05) is 18.2 Å². The zero-order valence-corrected chi connectivity index (χ0v) is 10.0. The third kappa shape index (κ3) is 1.76. The van der Waals surface area contributed by atoms with Crippen molar-refractivity contribution in [2.24, 2.45) is 0 Å². The maximum Gasteiger partial charge on any atom is 0.164 e. The minimum absolute atomic E-state index is 0.00955. The first-order valence-corrected chi connectivity index (χ1v) is 5.41. The van der Waals surface area contributed by atoms with Crippen molar-refractivity contribution in [1.29, 1.82) is 0 Å². The first-order valence-electron chi connectivity index (χ1n) is 4.96. The van der Waals surface area contributed by atoms with Crippen molar-refractivity contribution in [2.75, 3.05) is 0 Å². The van der Waals surface area contributed by atoms with Crippen molar-refractivity contribution in [3.8, 4) is 5.69 Å². The molecule has 16 heavy (non-hydrogen) atoms. The van der Waals surface area contributed by atoms with Crippen LogP contribution in [0.4, 0.5) is 0 Å². The van der Waals surface area contributed by atoms with Gasteiger partial charge in [0, 0.05) is 0 Å². The molecule has 0 aliphatic heterocycles. The van der Waals surface area contributed by atoms with Crippen LogP contribution in [0.15, 0.2) is 35.4 Å². The Hall–Kier alpha value is -1.55. The van der Waals surface area contributed by atoms with E-state index in [0.717, 1.165) is 5.69 Å². The molecule has 0 spiro atoms. The lowest BCUT2D eigenvalue weighted by Crippen LogP contribution is -1.98. The number of ketones is 1. The van der Waals surface area contributed by atoms with Gasteiger partial charge in [0.25, 0.3) is 0 Å². The summed E-state index contributed by atoms with van der Waals surface area (Å²) in [5.74, 6) is -0.00955. The van der Waals surface area contributed by atoms with Crippen LogP contribution in [0.2, 0.25) is 0 Å². The molecule has 0 bridgehead atoms. The van der Waals surface area contributed by atoms with Crippen molar-refractivity contribution in [3.05, 3.63) is 41.6 Å². The molecule has 0 saturated carbocycles. The second-order valence-corrected chi connectivity index (χ2v) is 4.01. The van der Waals surface area contributed by atoms with Gasteiger partial charge in [0.1, 0.15) is 5.03 Å². The number of Topliss-reactive ketones (excluding diaryl/α,β-unsaturated/α-hetero) is 1. The smallest absolute Gasteiger partial charge is 0.164 e. The molecule has 1 heterocycles. The van der Waals surface area contributed by atoms with Crippen LogP contribution in [0.5, 0.6) is 0 Å². The summed E-state index contributed by atoms with van der Waals surface area (Å²) in [5.41, 5.74) is 2.21. The van der Waals surface area contributed by atoms with Crippen LogP contribution in [0, 0.1) is 6.92 Å². The first-order chi connectivity index (χ1) is 7.61. The van der Waals surface area contributed by atoms with E-state index in [0.29, 0.717) is 16.3 Å². The van der Waals surface area contributed by atoms with Crippen LogP contribution in [-0.2, 0) is 0 Å². The molecule has 2 aromatic rings. The molecule has 0 amide bonds. The Kier molecular flexibility index (Phi) is 2.83. The van der Waals surface area contributed by atoms with E-state index in [1.165, 1.54) is 6.92 Å². The Morgan fingerprint density at radius 2 is 1.94 bits per heavy atom. The van der Waals surface area contributed by atoms with Gasteiger partial charge < -0.3 is 0 Å². The van der Waals surface area contributed by atoms with Crippen LogP contribution >= 0.6 is 12.6 Å². The standard InChI is InChI=1S/C12H12N2OS/c1-8-11(9(2)15)12(16)14(13-8)10-6-4-3-5-7-10/h3-7,16H,1-2H3. The molecule has 1 aromatic carbocycles. The van der Waals surface area contributed by atoms with E-state index >= 15 is 0 Å². The highest BCUT2D eigenvalue weighted by atomic mass is 32.1. The molecule has 0 atom stereocenters. The van der Waals surface area contributed by atoms with Crippen molar-refractivity contribution >= 4 is 18.4 Å². The van der Waals surface area contributed by atoms with Crippen LogP contribution in [0.3, 0.4) is 0 Å². The number of aryl methyl sites for hydroxylation is 1. The molecule has 0 aliphatic rings. The summed E-state index contributed by atoms with van der Waals surface area (Å²) >= 11 is 4.36. The van der Waals surface area contributed by atoms with E-state index in [9.17, 15) is 4.79 Å². The second kappa shape index (κ2) is 4.14.